The lowest BCUT2D eigenvalue weighted by Gasteiger charge is -2.06. The molecule has 0 amide bonds. The second-order valence-corrected chi connectivity index (χ2v) is 6.29. The molecule has 8 heteroatoms. The Morgan fingerprint density at radius 2 is 1.90 bits per heavy atom. The fourth-order valence-corrected chi connectivity index (χ4v) is 2.87. The van der Waals surface area contributed by atoms with Crippen molar-refractivity contribution in [3.63, 3.8) is 0 Å². The third-order valence-electron chi connectivity index (χ3n) is 4.30. The van der Waals surface area contributed by atoms with Gasteiger partial charge in [-0.05, 0) is 36.8 Å². The van der Waals surface area contributed by atoms with Crippen LogP contribution in [-0.2, 0) is 18.0 Å². The molecule has 0 aliphatic carbocycles. The largest absolute Gasteiger partial charge is 0.431 e. The lowest BCUT2D eigenvalue weighted by atomic mass is 10.1. The van der Waals surface area contributed by atoms with Crippen molar-refractivity contribution in [3.8, 4) is 22.6 Å². The molecule has 0 fully saturated rings. The lowest BCUT2D eigenvalue weighted by molar-refractivity contribution is 0.0790. The average molecular weight is 393 g/mol. The molecule has 0 unspecified atom stereocenters. The highest BCUT2D eigenvalue weighted by atomic mass is 19.1. The zero-order valence-corrected chi connectivity index (χ0v) is 15.9. The van der Waals surface area contributed by atoms with Crippen molar-refractivity contribution < 1.29 is 13.5 Å². The summed E-state index contributed by atoms with van der Waals surface area (Å²) in [5, 5.41) is 11.6. The summed E-state index contributed by atoms with van der Waals surface area (Å²) in [5.41, 5.74) is 3.62. The van der Waals surface area contributed by atoms with Crippen LogP contribution < -0.4 is 5.32 Å². The Labute approximate surface area is 167 Å². The molecule has 148 valence electrons. The molecule has 2 aromatic carbocycles. The van der Waals surface area contributed by atoms with Crippen molar-refractivity contribution in [2.75, 3.05) is 11.9 Å². The van der Waals surface area contributed by atoms with Gasteiger partial charge in [-0.2, -0.15) is 4.98 Å². The Bertz CT molecular complexity index is 1060. The van der Waals surface area contributed by atoms with Crippen molar-refractivity contribution in [2.24, 2.45) is 0 Å². The van der Waals surface area contributed by atoms with Crippen LogP contribution in [0.1, 0.15) is 12.5 Å². The van der Waals surface area contributed by atoms with E-state index < -0.39 is 0 Å². The number of hydrogen-bond acceptors (Lipinski definition) is 6. The molecule has 0 radical (unpaired) electrons. The van der Waals surface area contributed by atoms with Crippen molar-refractivity contribution in [1.29, 1.82) is 0 Å². The standard InChI is InChI=1S/C21H20FN5O2/c1-2-28-14-27-20(19(25-26-27)16-8-10-17(22)11-9-16)18-13-29-21(24-18)23-12-15-6-4-3-5-7-15/h3-11,13H,2,12,14H2,1H3,(H,23,24). The number of anilines is 1. The number of nitrogens with zero attached hydrogens (tertiary/aromatic N) is 4. The van der Waals surface area contributed by atoms with E-state index in [-0.39, 0.29) is 12.5 Å². The SMILES string of the molecule is CCOCn1nnc(-c2ccc(F)cc2)c1-c1coc(NCc2ccccc2)n1. The van der Waals surface area contributed by atoms with Crippen LogP contribution in [0.5, 0.6) is 0 Å². The zero-order valence-electron chi connectivity index (χ0n) is 15.9. The summed E-state index contributed by atoms with van der Waals surface area (Å²) in [7, 11) is 0. The van der Waals surface area contributed by atoms with Gasteiger partial charge in [-0.25, -0.2) is 9.07 Å². The number of rotatable bonds is 8. The van der Waals surface area contributed by atoms with Crippen LogP contribution in [0, 0.1) is 5.82 Å². The molecule has 2 heterocycles. The van der Waals surface area contributed by atoms with E-state index in [1.807, 2.05) is 37.3 Å². The van der Waals surface area contributed by atoms with Gasteiger partial charge in [-0.15, -0.1) is 5.10 Å². The predicted molar refractivity (Wildman–Crippen MR) is 106 cm³/mol. The second-order valence-electron chi connectivity index (χ2n) is 6.29. The number of halogens is 1. The molecule has 1 N–H and O–H groups in total. The van der Waals surface area contributed by atoms with Crippen LogP contribution in [-0.4, -0.2) is 26.6 Å². The first-order valence-electron chi connectivity index (χ1n) is 9.25. The molecular formula is C21H20FN5O2. The highest BCUT2D eigenvalue weighted by Gasteiger charge is 2.20. The summed E-state index contributed by atoms with van der Waals surface area (Å²) in [6, 6.07) is 16.4. The highest BCUT2D eigenvalue weighted by molar-refractivity contribution is 5.76. The van der Waals surface area contributed by atoms with Crippen molar-refractivity contribution in [3.05, 3.63) is 72.2 Å². The molecule has 0 saturated heterocycles. The number of oxazole rings is 1. The Kier molecular flexibility index (Phi) is 5.62. The summed E-state index contributed by atoms with van der Waals surface area (Å²) in [5.74, 6) is -0.314. The first-order valence-corrected chi connectivity index (χ1v) is 9.25. The molecule has 0 aliphatic heterocycles. The van der Waals surface area contributed by atoms with Crippen LogP contribution in [0.2, 0.25) is 0 Å². The van der Waals surface area contributed by atoms with E-state index in [0.29, 0.717) is 36.2 Å². The third kappa shape index (κ3) is 4.33. The fourth-order valence-electron chi connectivity index (χ4n) is 2.87. The average Bonchev–Trinajstić information content (AvgIpc) is 3.39. The molecule has 7 nitrogen and oxygen atoms in total. The number of benzene rings is 2. The Hall–Kier alpha value is -3.52. The molecule has 4 aromatic rings. The maximum absolute atomic E-state index is 13.3. The highest BCUT2D eigenvalue weighted by Crippen LogP contribution is 2.31. The quantitative estimate of drug-likeness (QED) is 0.480. The summed E-state index contributed by atoms with van der Waals surface area (Å²) >= 11 is 0. The van der Waals surface area contributed by atoms with Crippen LogP contribution in [0.3, 0.4) is 0 Å². The van der Waals surface area contributed by atoms with Crippen molar-refractivity contribution in [2.45, 2.75) is 20.2 Å². The van der Waals surface area contributed by atoms with E-state index >= 15 is 0 Å². The van der Waals surface area contributed by atoms with Gasteiger partial charge in [0, 0.05) is 18.7 Å². The molecular weight excluding hydrogens is 373 g/mol. The van der Waals surface area contributed by atoms with Gasteiger partial charge in [-0.3, -0.25) is 0 Å². The summed E-state index contributed by atoms with van der Waals surface area (Å²) in [6.07, 6.45) is 1.54. The first-order chi connectivity index (χ1) is 14.2. The van der Waals surface area contributed by atoms with E-state index in [4.69, 9.17) is 9.15 Å². The normalized spacial score (nSPS) is 11.0. The summed E-state index contributed by atoms with van der Waals surface area (Å²) < 4.78 is 26.0. The second kappa shape index (κ2) is 8.66. The van der Waals surface area contributed by atoms with Gasteiger partial charge in [0.25, 0.3) is 6.01 Å². The van der Waals surface area contributed by atoms with E-state index in [2.05, 4.69) is 20.6 Å². The van der Waals surface area contributed by atoms with Gasteiger partial charge >= 0.3 is 0 Å². The van der Waals surface area contributed by atoms with E-state index in [1.165, 1.54) is 12.1 Å². The Morgan fingerprint density at radius 1 is 1.10 bits per heavy atom. The smallest absolute Gasteiger partial charge is 0.295 e. The lowest BCUT2D eigenvalue weighted by Crippen LogP contribution is -2.06. The minimum Gasteiger partial charge on any atom is -0.431 e. The molecule has 0 saturated carbocycles. The Morgan fingerprint density at radius 3 is 2.66 bits per heavy atom. The molecule has 0 aliphatic rings. The summed E-state index contributed by atoms with van der Waals surface area (Å²) in [4.78, 5) is 4.53. The van der Waals surface area contributed by atoms with Crippen molar-refractivity contribution >= 4 is 6.01 Å². The predicted octanol–water partition coefficient (Wildman–Crippen LogP) is 4.35. The molecule has 0 bridgehead atoms. The minimum atomic E-state index is -0.314. The third-order valence-corrected chi connectivity index (χ3v) is 4.30. The van der Waals surface area contributed by atoms with Gasteiger partial charge in [0.1, 0.15) is 35.9 Å². The van der Waals surface area contributed by atoms with E-state index in [0.717, 1.165) is 11.1 Å². The molecule has 0 spiro atoms. The number of nitrogens with one attached hydrogen (secondary N) is 1. The monoisotopic (exact) mass is 393 g/mol. The number of hydrogen-bond donors (Lipinski definition) is 1. The van der Waals surface area contributed by atoms with Crippen LogP contribution in [0.4, 0.5) is 10.4 Å². The first kappa shape index (κ1) is 18.8. The van der Waals surface area contributed by atoms with Gasteiger partial charge in [-0.1, -0.05) is 35.5 Å². The van der Waals surface area contributed by atoms with Gasteiger partial charge in [0.15, 0.2) is 0 Å². The van der Waals surface area contributed by atoms with Crippen LogP contribution in [0.25, 0.3) is 22.6 Å². The minimum absolute atomic E-state index is 0.222. The van der Waals surface area contributed by atoms with Gasteiger partial charge in [0.05, 0.1) is 0 Å². The Balaban J connectivity index is 1.63. The van der Waals surface area contributed by atoms with Gasteiger partial charge in [0.2, 0.25) is 0 Å². The topological polar surface area (TPSA) is 78.0 Å². The summed E-state index contributed by atoms with van der Waals surface area (Å²) in [6.45, 7) is 3.24. The molecule has 2 aromatic heterocycles. The molecule has 0 atom stereocenters. The van der Waals surface area contributed by atoms with Crippen molar-refractivity contribution in [1.82, 2.24) is 20.0 Å². The van der Waals surface area contributed by atoms with Crippen LogP contribution in [0.15, 0.2) is 65.3 Å². The number of ether oxygens (including phenoxy) is 1. The maximum atomic E-state index is 13.3. The van der Waals surface area contributed by atoms with E-state index in [1.54, 1.807) is 23.1 Å². The molecule has 29 heavy (non-hydrogen) atoms. The van der Waals surface area contributed by atoms with Crippen LogP contribution >= 0.6 is 0 Å². The fraction of sp³-hybridized carbons (Fsp3) is 0.190. The maximum Gasteiger partial charge on any atom is 0.295 e. The van der Waals surface area contributed by atoms with Gasteiger partial charge < -0.3 is 14.5 Å². The number of aromatic nitrogens is 4. The zero-order chi connectivity index (χ0) is 20.1. The van der Waals surface area contributed by atoms with E-state index in [9.17, 15) is 4.39 Å². The molecule has 4 rings (SSSR count).